The normalized spacial score (nSPS) is 10.1. The Labute approximate surface area is 94.4 Å². The largest absolute Gasteiger partial charge is 0.484 e. The lowest BCUT2D eigenvalue weighted by molar-refractivity contribution is 0.242. The maximum absolute atomic E-state index is 5.41. The van der Waals surface area contributed by atoms with Crippen LogP contribution in [-0.2, 0) is 6.61 Å². The molecule has 0 atom stereocenters. The van der Waals surface area contributed by atoms with Crippen LogP contribution in [0, 0.1) is 3.83 Å². The highest BCUT2D eigenvalue weighted by atomic mass is 127. The summed E-state index contributed by atoms with van der Waals surface area (Å²) < 4.78 is 10.9. The van der Waals surface area contributed by atoms with Crippen LogP contribution in [0.2, 0.25) is 0 Å². The average Bonchev–Trinajstić information content (AvgIpc) is 2.63. The Kier molecular flexibility index (Phi) is 2.97. The van der Waals surface area contributed by atoms with Gasteiger partial charge in [-0.2, -0.15) is 4.98 Å². The van der Waals surface area contributed by atoms with Crippen molar-refractivity contribution >= 4 is 22.6 Å². The second-order valence-electron chi connectivity index (χ2n) is 2.56. The molecule has 1 aromatic carbocycles. The van der Waals surface area contributed by atoms with E-state index in [0.717, 1.165) is 5.75 Å². The summed E-state index contributed by atoms with van der Waals surface area (Å²) in [6.45, 7) is 0.306. The van der Waals surface area contributed by atoms with Crippen molar-refractivity contribution < 1.29 is 9.26 Å². The highest BCUT2D eigenvalue weighted by molar-refractivity contribution is 14.1. The SMILES string of the molecule is Ic1noc(COc2ccccc2)n1. The Hall–Kier alpha value is -1.11. The minimum Gasteiger partial charge on any atom is -0.484 e. The maximum Gasteiger partial charge on any atom is 0.265 e. The van der Waals surface area contributed by atoms with Gasteiger partial charge in [0.25, 0.3) is 5.89 Å². The van der Waals surface area contributed by atoms with E-state index in [9.17, 15) is 0 Å². The third-order valence-corrected chi connectivity index (χ3v) is 1.99. The number of hydrogen-bond donors (Lipinski definition) is 0. The van der Waals surface area contributed by atoms with Crippen molar-refractivity contribution in [2.75, 3.05) is 0 Å². The summed E-state index contributed by atoms with van der Waals surface area (Å²) in [5, 5.41) is 3.65. The van der Waals surface area contributed by atoms with Crippen LogP contribution in [0.5, 0.6) is 5.75 Å². The number of aromatic nitrogens is 2. The molecule has 4 nitrogen and oxygen atoms in total. The molecule has 2 aromatic rings. The van der Waals surface area contributed by atoms with Gasteiger partial charge in [-0.1, -0.05) is 23.4 Å². The number of halogens is 1. The van der Waals surface area contributed by atoms with E-state index >= 15 is 0 Å². The molecule has 0 bridgehead atoms. The molecule has 0 saturated heterocycles. The van der Waals surface area contributed by atoms with Crippen LogP contribution in [0.25, 0.3) is 0 Å². The molecule has 0 aliphatic rings. The van der Waals surface area contributed by atoms with E-state index in [-0.39, 0.29) is 0 Å². The molecular formula is C9H7IN2O2. The molecule has 0 unspecified atom stereocenters. The number of rotatable bonds is 3. The molecule has 0 saturated carbocycles. The molecule has 0 aliphatic carbocycles. The highest BCUT2D eigenvalue weighted by Crippen LogP contribution is 2.10. The van der Waals surface area contributed by atoms with E-state index in [2.05, 4.69) is 10.1 Å². The van der Waals surface area contributed by atoms with Crippen molar-refractivity contribution in [2.45, 2.75) is 6.61 Å². The second-order valence-corrected chi connectivity index (χ2v) is 3.52. The first-order chi connectivity index (χ1) is 6.84. The standard InChI is InChI=1S/C9H7IN2O2/c10-9-11-8(14-12-9)6-13-7-4-2-1-3-5-7/h1-5H,6H2. The number of para-hydroxylation sites is 1. The molecule has 72 valence electrons. The number of benzene rings is 1. The van der Waals surface area contributed by atoms with E-state index in [1.807, 2.05) is 52.9 Å². The fourth-order valence-corrected chi connectivity index (χ4v) is 1.32. The molecule has 0 fully saturated rings. The zero-order valence-electron chi connectivity index (χ0n) is 7.18. The van der Waals surface area contributed by atoms with Gasteiger partial charge in [-0.15, -0.1) is 0 Å². The summed E-state index contributed by atoms with van der Waals surface area (Å²) in [4.78, 5) is 4.01. The van der Waals surface area contributed by atoms with Crippen molar-refractivity contribution in [3.63, 3.8) is 0 Å². The average molecular weight is 302 g/mol. The van der Waals surface area contributed by atoms with Gasteiger partial charge in [0.1, 0.15) is 5.75 Å². The van der Waals surface area contributed by atoms with E-state index in [4.69, 9.17) is 9.26 Å². The first-order valence-corrected chi connectivity index (χ1v) is 5.08. The van der Waals surface area contributed by atoms with Crippen LogP contribution in [0.15, 0.2) is 34.9 Å². The lowest BCUT2D eigenvalue weighted by Gasteiger charge is -2.00. The van der Waals surface area contributed by atoms with Crippen LogP contribution in [0.4, 0.5) is 0 Å². The summed E-state index contributed by atoms with van der Waals surface area (Å²) in [5.74, 6) is 1.28. The Bertz CT molecular complexity index is 402. The number of ether oxygens (including phenoxy) is 1. The minimum absolute atomic E-state index is 0.306. The molecule has 2 rings (SSSR count). The molecule has 14 heavy (non-hydrogen) atoms. The van der Waals surface area contributed by atoms with Gasteiger partial charge in [-0.3, -0.25) is 0 Å². The quantitative estimate of drug-likeness (QED) is 0.816. The summed E-state index contributed by atoms with van der Waals surface area (Å²) >= 11 is 1.98. The zero-order chi connectivity index (χ0) is 9.80. The van der Waals surface area contributed by atoms with Gasteiger partial charge in [-0.25, -0.2) is 0 Å². The fourth-order valence-electron chi connectivity index (χ4n) is 0.954. The lowest BCUT2D eigenvalue weighted by atomic mass is 10.3. The topological polar surface area (TPSA) is 48.2 Å². The predicted molar refractivity (Wildman–Crippen MR) is 57.8 cm³/mol. The minimum atomic E-state index is 0.306. The van der Waals surface area contributed by atoms with Gasteiger partial charge >= 0.3 is 0 Å². The van der Waals surface area contributed by atoms with Gasteiger partial charge in [-0.05, 0) is 12.1 Å². The van der Waals surface area contributed by atoms with Crippen LogP contribution in [0.3, 0.4) is 0 Å². The second kappa shape index (κ2) is 4.41. The highest BCUT2D eigenvalue weighted by Gasteiger charge is 2.03. The predicted octanol–water partition coefficient (Wildman–Crippen LogP) is 2.25. The maximum atomic E-state index is 5.41. The van der Waals surface area contributed by atoms with Gasteiger partial charge in [0.15, 0.2) is 6.61 Å². The summed E-state index contributed by atoms with van der Waals surface area (Å²) in [7, 11) is 0. The van der Waals surface area contributed by atoms with Gasteiger partial charge in [0.2, 0.25) is 3.83 Å². The first kappa shape index (κ1) is 9.45. The molecule has 1 heterocycles. The number of nitrogens with zero attached hydrogens (tertiary/aromatic N) is 2. The van der Waals surface area contributed by atoms with Crippen molar-refractivity contribution in [2.24, 2.45) is 0 Å². The fraction of sp³-hybridized carbons (Fsp3) is 0.111. The summed E-state index contributed by atoms with van der Waals surface area (Å²) in [5.41, 5.74) is 0. The van der Waals surface area contributed by atoms with Crippen molar-refractivity contribution in [1.82, 2.24) is 10.1 Å². The summed E-state index contributed by atoms with van der Waals surface area (Å²) in [6, 6.07) is 9.50. The lowest BCUT2D eigenvalue weighted by Crippen LogP contribution is -1.95. The molecule has 0 N–H and O–H groups in total. The Morgan fingerprint density at radius 2 is 2.07 bits per heavy atom. The van der Waals surface area contributed by atoms with Gasteiger partial charge in [0, 0.05) is 22.6 Å². The van der Waals surface area contributed by atoms with E-state index in [1.54, 1.807) is 0 Å². The van der Waals surface area contributed by atoms with E-state index in [0.29, 0.717) is 16.3 Å². The van der Waals surface area contributed by atoms with Crippen LogP contribution < -0.4 is 4.74 Å². The van der Waals surface area contributed by atoms with Crippen LogP contribution in [0.1, 0.15) is 5.89 Å². The zero-order valence-corrected chi connectivity index (χ0v) is 9.34. The third-order valence-electron chi connectivity index (χ3n) is 1.55. The molecule has 5 heteroatoms. The monoisotopic (exact) mass is 302 g/mol. The smallest absolute Gasteiger partial charge is 0.265 e. The molecule has 1 aromatic heterocycles. The van der Waals surface area contributed by atoms with Crippen LogP contribution >= 0.6 is 22.6 Å². The van der Waals surface area contributed by atoms with E-state index in [1.165, 1.54) is 0 Å². The molecule has 0 amide bonds. The van der Waals surface area contributed by atoms with Crippen molar-refractivity contribution in [3.8, 4) is 5.75 Å². The van der Waals surface area contributed by atoms with Gasteiger partial charge < -0.3 is 9.26 Å². The van der Waals surface area contributed by atoms with Gasteiger partial charge in [0.05, 0.1) is 0 Å². The summed E-state index contributed by atoms with van der Waals surface area (Å²) in [6.07, 6.45) is 0. The molecule has 0 spiro atoms. The van der Waals surface area contributed by atoms with Crippen molar-refractivity contribution in [1.29, 1.82) is 0 Å². The Balaban J connectivity index is 1.95. The van der Waals surface area contributed by atoms with Crippen molar-refractivity contribution in [3.05, 3.63) is 40.1 Å². The Morgan fingerprint density at radius 1 is 1.29 bits per heavy atom. The molecule has 0 aliphatic heterocycles. The third kappa shape index (κ3) is 2.44. The Morgan fingerprint density at radius 3 is 2.71 bits per heavy atom. The molecule has 0 radical (unpaired) electrons. The van der Waals surface area contributed by atoms with Crippen LogP contribution in [-0.4, -0.2) is 10.1 Å². The first-order valence-electron chi connectivity index (χ1n) is 4.00. The molecular weight excluding hydrogens is 295 g/mol. The number of hydrogen-bond acceptors (Lipinski definition) is 4. The van der Waals surface area contributed by atoms with E-state index < -0.39 is 0 Å².